The monoisotopic (exact) mass is 687 g/mol. The summed E-state index contributed by atoms with van der Waals surface area (Å²) >= 11 is 0. The largest absolute Gasteiger partial charge is 0.454 e. The standard InChI is InChI=1S/C39H34FN5O6/c1-25(46)50-34-31(40)33(47)30(22-49-39(27-16-8-3-9-17-27,28-18-10-4-11-19-28)29-20-12-5-13-21-29)51-38(34)45-24-43-32-35(41-23-42-36(32)45)44-37(48)26-14-6-2-7-15-26/h2-21,23-24,30-31,33-34,38,47H,22H2,1H3,(H,41,42,44,48)/t30-,31+,33-,34-,38-/m1/s1. The van der Waals surface area contributed by atoms with Gasteiger partial charge in [-0.15, -0.1) is 0 Å². The molecule has 0 bridgehead atoms. The number of aliphatic hydroxyl groups excluding tert-OH is 1. The number of amides is 1. The van der Waals surface area contributed by atoms with E-state index >= 15 is 4.39 Å². The Morgan fingerprint density at radius 2 is 1.39 bits per heavy atom. The highest BCUT2D eigenvalue weighted by atomic mass is 19.1. The number of alkyl halides is 1. The summed E-state index contributed by atoms with van der Waals surface area (Å²) in [5.74, 6) is -1.08. The molecule has 51 heavy (non-hydrogen) atoms. The number of benzene rings is 4. The third-order valence-corrected chi connectivity index (χ3v) is 8.82. The third kappa shape index (κ3) is 6.59. The number of halogens is 1. The number of hydrogen-bond acceptors (Lipinski definition) is 9. The summed E-state index contributed by atoms with van der Waals surface area (Å²) < 4.78 is 36.4. The molecule has 0 saturated carbocycles. The Hall–Kier alpha value is -5.82. The van der Waals surface area contributed by atoms with Gasteiger partial charge in [0.15, 0.2) is 35.5 Å². The van der Waals surface area contributed by atoms with Gasteiger partial charge in [0, 0.05) is 12.5 Å². The molecule has 1 saturated heterocycles. The van der Waals surface area contributed by atoms with E-state index in [9.17, 15) is 14.7 Å². The number of esters is 1. The molecule has 0 spiro atoms. The molecule has 0 aliphatic carbocycles. The molecule has 258 valence electrons. The highest BCUT2D eigenvalue weighted by molar-refractivity contribution is 6.06. The van der Waals surface area contributed by atoms with Gasteiger partial charge in [0.25, 0.3) is 5.91 Å². The molecule has 1 fully saturated rings. The van der Waals surface area contributed by atoms with E-state index in [0.717, 1.165) is 23.6 Å². The number of ether oxygens (including phenoxy) is 3. The molecule has 2 N–H and O–H groups in total. The van der Waals surface area contributed by atoms with Crippen molar-refractivity contribution in [3.05, 3.63) is 156 Å². The maximum atomic E-state index is 16.3. The Balaban J connectivity index is 1.25. The molecule has 12 heteroatoms. The molecule has 0 radical (unpaired) electrons. The first-order valence-electron chi connectivity index (χ1n) is 16.4. The summed E-state index contributed by atoms with van der Waals surface area (Å²) in [4.78, 5) is 38.1. The number of fused-ring (bicyclic) bond motifs is 1. The smallest absolute Gasteiger partial charge is 0.303 e. The lowest BCUT2D eigenvalue weighted by Gasteiger charge is -2.43. The number of carbonyl (C=O) groups excluding carboxylic acids is 2. The van der Waals surface area contributed by atoms with E-state index in [2.05, 4.69) is 20.3 Å². The lowest BCUT2D eigenvalue weighted by atomic mass is 9.80. The van der Waals surface area contributed by atoms with Crippen molar-refractivity contribution in [3.8, 4) is 0 Å². The maximum Gasteiger partial charge on any atom is 0.303 e. The first-order valence-corrected chi connectivity index (χ1v) is 16.4. The average molecular weight is 688 g/mol. The van der Waals surface area contributed by atoms with Gasteiger partial charge < -0.3 is 24.6 Å². The zero-order valence-electron chi connectivity index (χ0n) is 27.5. The van der Waals surface area contributed by atoms with Gasteiger partial charge in [-0.3, -0.25) is 14.2 Å². The van der Waals surface area contributed by atoms with Crippen LogP contribution >= 0.6 is 0 Å². The van der Waals surface area contributed by atoms with Crippen LogP contribution in [0.15, 0.2) is 134 Å². The molecule has 1 amide bonds. The summed E-state index contributed by atoms with van der Waals surface area (Å²) in [6.07, 6.45) is -5.43. The lowest BCUT2D eigenvalue weighted by Crippen LogP contribution is -2.56. The topological polar surface area (TPSA) is 138 Å². The number of aromatic nitrogens is 4. The van der Waals surface area contributed by atoms with E-state index in [0.29, 0.717) is 5.56 Å². The summed E-state index contributed by atoms with van der Waals surface area (Å²) in [5, 5.41) is 14.1. The molecule has 6 aromatic rings. The first kappa shape index (κ1) is 33.7. The van der Waals surface area contributed by atoms with E-state index in [-0.39, 0.29) is 23.6 Å². The van der Waals surface area contributed by atoms with E-state index in [1.165, 1.54) is 17.2 Å². The quantitative estimate of drug-likeness (QED) is 0.139. The number of imidazole rings is 1. The fourth-order valence-corrected chi connectivity index (χ4v) is 6.44. The van der Waals surface area contributed by atoms with Crippen LogP contribution in [0.2, 0.25) is 0 Å². The average Bonchev–Trinajstić information content (AvgIpc) is 3.61. The molecule has 1 aliphatic heterocycles. The van der Waals surface area contributed by atoms with Gasteiger partial charge in [-0.25, -0.2) is 19.3 Å². The predicted molar refractivity (Wildman–Crippen MR) is 185 cm³/mol. The van der Waals surface area contributed by atoms with Crippen molar-refractivity contribution in [2.24, 2.45) is 0 Å². The van der Waals surface area contributed by atoms with E-state index in [1.807, 2.05) is 91.0 Å². The molecule has 5 atom stereocenters. The molecular formula is C39H34FN5O6. The van der Waals surface area contributed by atoms with Crippen LogP contribution in [0.1, 0.15) is 40.2 Å². The van der Waals surface area contributed by atoms with Crippen molar-refractivity contribution in [2.45, 2.75) is 43.2 Å². The first-order chi connectivity index (χ1) is 24.9. The number of rotatable bonds is 10. The molecular weight excluding hydrogens is 653 g/mol. The molecule has 3 heterocycles. The normalized spacial score (nSPS) is 20.5. The van der Waals surface area contributed by atoms with Crippen molar-refractivity contribution in [2.75, 3.05) is 11.9 Å². The minimum Gasteiger partial charge on any atom is -0.454 e. The summed E-state index contributed by atoms with van der Waals surface area (Å²) in [6, 6.07) is 37.4. The fourth-order valence-electron chi connectivity index (χ4n) is 6.44. The van der Waals surface area contributed by atoms with Gasteiger partial charge in [-0.05, 0) is 28.8 Å². The number of nitrogens with one attached hydrogen (secondary N) is 1. The van der Waals surface area contributed by atoms with Gasteiger partial charge in [0.05, 0.1) is 12.9 Å². The van der Waals surface area contributed by atoms with Crippen molar-refractivity contribution < 1.29 is 33.3 Å². The Morgan fingerprint density at radius 1 is 0.843 bits per heavy atom. The Morgan fingerprint density at radius 3 is 1.94 bits per heavy atom. The molecule has 1 aliphatic rings. The van der Waals surface area contributed by atoms with E-state index < -0.39 is 48.2 Å². The lowest BCUT2D eigenvalue weighted by molar-refractivity contribution is -0.250. The second-order valence-corrected chi connectivity index (χ2v) is 12.0. The second-order valence-electron chi connectivity index (χ2n) is 12.0. The second kappa shape index (κ2) is 14.6. The van der Waals surface area contributed by atoms with Crippen LogP contribution in [0.25, 0.3) is 11.2 Å². The third-order valence-electron chi connectivity index (χ3n) is 8.82. The SMILES string of the molecule is CC(=O)O[C@@H]1[C@@H](F)[C@H](O)[C@@H](COC(c2ccccc2)(c2ccccc2)c2ccccc2)O[C@H]1n1cnc2c(NC(=O)c3ccccc3)ncnc21. The van der Waals surface area contributed by atoms with Crippen LogP contribution < -0.4 is 5.32 Å². The van der Waals surface area contributed by atoms with Crippen LogP contribution in [0.4, 0.5) is 10.2 Å². The van der Waals surface area contributed by atoms with Crippen LogP contribution in [-0.2, 0) is 24.6 Å². The predicted octanol–water partition coefficient (Wildman–Crippen LogP) is 5.62. The molecule has 2 aromatic heterocycles. The van der Waals surface area contributed by atoms with Crippen molar-refractivity contribution in [3.63, 3.8) is 0 Å². The number of hydrogen-bond donors (Lipinski definition) is 2. The van der Waals surface area contributed by atoms with Gasteiger partial charge in [-0.2, -0.15) is 0 Å². The Kier molecular flexibility index (Phi) is 9.62. The molecule has 11 nitrogen and oxygen atoms in total. The molecule has 7 rings (SSSR count). The number of aliphatic hydroxyl groups is 1. The highest BCUT2D eigenvalue weighted by Crippen LogP contribution is 2.42. The van der Waals surface area contributed by atoms with Gasteiger partial charge in [0.2, 0.25) is 0 Å². The van der Waals surface area contributed by atoms with Crippen molar-refractivity contribution >= 4 is 28.9 Å². The van der Waals surface area contributed by atoms with Crippen LogP contribution in [0.5, 0.6) is 0 Å². The van der Waals surface area contributed by atoms with Gasteiger partial charge in [-0.1, -0.05) is 109 Å². The fraction of sp³-hybridized carbons (Fsp3) is 0.205. The van der Waals surface area contributed by atoms with Crippen molar-refractivity contribution in [1.82, 2.24) is 19.5 Å². The van der Waals surface area contributed by atoms with Crippen LogP contribution in [-0.4, -0.2) is 67.6 Å². The summed E-state index contributed by atoms with van der Waals surface area (Å²) in [7, 11) is 0. The van der Waals surface area contributed by atoms with Crippen LogP contribution in [0.3, 0.4) is 0 Å². The Labute approximate surface area is 292 Å². The van der Waals surface area contributed by atoms with Crippen LogP contribution in [0, 0.1) is 0 Å². The van der Waals surface area contributed by atoms with Gasteiger partial charge >= 0.3 is 5.97 Å². The van der Waals surface area contributed by atoms with E-state index in [4.69, 9.17) is 14.2 Å². The molecule has 0 unspecified atom stereocenters. The van der Waals surface area contributed by atoms with Gasteiger partial charge in [0.1, 0.15) is 24.1 Å². The summed E-state index contributed by atoms with van der Waals surface area (Å²) in [5.41, 5.74) is 2.01. The van der Waals surface area contributed by atoms with Crippen molar-refractivity contribution in [1.29, 1.82) is 0 Å². The summed E-state index contributed by atoms with van der Waals surface area (Å²) in [6.45, 7) is 0.869. The number of nitrogens with zero attached hydrogens (tertiary/aromatic N) is 4. The minimum atomic E-state index is -2.09. The molecule has 4 aromatic carbocycles. The Bertz CT molecular complexity index is 2010. The zero-order valence-corrected chi connectivity index (χ0v) is 27.5. The zero-order chi connectivity index (χ0) is 35.4. The maximum absolute atomic E-state index is 16.3. The number of carbonyl (C=O) groups is 2. The highest BCUT2D eigenvalue weighted by Gasteiger charge is 2.50. The van der Waals surface area contributed by atoms with E-state index in [1.54, 1.807) is 30.3 Å². The minimum absolute atomic E-state index is 0.113. The number of anilines is 1.